The molecule has 1 amide bonds. The van der Waals surface area contributed by atoms with Crippen molar-refractivity contribution in [2.75, 3.05) is 11.5 Å². The van der Waals surface area contributed by atoms with Crippen LogP contribution in [-0.4, -0.2) is 23.4 Å². The third kappa shape index (κ3) is 3.88. The van der Waals surface area contributed by atoms with Crippen LogP contribution in [0, 0.1) is 11.3 Å². The smallest absolute Gasteiger partial charge is 0.294 e. The van der Waals surface area contributed by atoms with E-state index in [-0.39, 0.29) is 5.57 Å². The molecule has 0 saturated carbocycles. The number of amides is 1. The topological polar surface area (TPSA) is 90.6 Å². The Morgan fingerprint density at radius 3 is 2.62 bits per heavy atom. The van der Waals surface area contributed by atoms with Crippen molar-refractivity contribution in [2.45, 2.75) is 19.4 Å². The number of hydrogen-bond donors (Lipinski definition) is 1. The summed E-state index contributed by atoms with van der Waals surface area (Å²) < 4.78 is 5.75. The van der Waals surface area contributed by atoms with Crippen LogP contribution in [0.25, 0.3) is 0 Å². The Hall–Kier alpha value is -3.89. The number of hydrogen-bond acceptors (Lipinski definition) is 6. The first-order valence-electron chi connectivity index (χ1n) is 10.1. The summed E-state index contributed by atoms with van der Waals surface area (Å²) in [6.45, 7) is 2.54. The molecule has 1 unspecified atom stereocenters. The molecular weight excluding hydrogens is 424 g/mol. The molecule has 32 heavy (non-hydrogen) atoms. The van der Waals surface area contributed by atoms with E-state index in [0.29, 0.717) is 34.0 Å². The maximum Gasteiger partial charge on any atom is 0.294 e. The van der Waals surface area contributed by atoms with Crippen LogP contribution in [0.2, 0.25) is 0 Å². The number of Topliss-reactive ketones (excluding diaryl/α,β-unsaturated/α-hetero) is 1. The highest BCUT2D eigenvalue weighted by molar-refractivity contribution is 7.12. The number of carbonyl (C=O) groups excluding carboxylic acids is 2. The molecule has 7 heteroatoms. The highest BCUT2D eigenvalue weighted by atomic mass is 32.1. The van der Waals surface area contributed by atoms with Crippen LogP contribution in [-0.2, 0) is 4.79 Å². The molecule has 0 aliphatic carbocycles. The summed E-state index contributed by atoms with van der Waals surface area (Å²) in [6, 6.07) is 18.3. The van der Waals surface area contributed by atoms with E-state index in [1.54, 1.807) is 60.0 Å². The van der Waals surface area contributed by atoms with Gasteiger partial charge in [0.1, 0.15) is 5.75 Å². The van der Waals surface area contributed by atoms with Crippen molar-refractivity contribution < 1.29 is 19.4 Å². The number of anilines is 1. The first-order valence-corrected chi connectivity index (χ1v) is 11.0. The van der Waals surface area contributed by atoms with E-state index in [9.17, 15) is 14.7 Å². The maximum absolute atomic E-state index is 13.3. The van der Waals surface area contributed by atoms with Gasteiger partial charge in [-0.05, 0) is 59.8 Å². The molecule has 4 rings (SSSR count). The minimum Gasteiger partial charge on any atom is -0.503 e. The van der Waals surface area contributed by atoms with E-state index in [2.05, 4.69) is 0 Å². The van der Waals surface area contributed by atoms with Gasteiger partial charge in [-0.25, -0.2) is 0 Å². The van der Waals surface area contributed by atoms with Crippen LogP contribution in [0.1, 0.15) is 40.2 Å². The lowest BCUT2D eigenvalue weighted by atomic mass is 9.95. The molecule has 2 aromatic carbocycles. The van der Waals surface area contributed by atoms with Crippen molar-refractivity contribution in [3.05, 3.63) is 93.4 Å². The molecule has 1 atom stereocenters. The number of carbonyl (C=O) groups is 2. The molecule has 1 N–H and O–H groups in total. The van der Waals surface area contributed by atoms with Gasteiger partial charge in [-0.1, -0.05) is 25.1 Å². The number of ether oxygens (including phenoxy) is 1. The Morgan fingerprint density at radius 2 is 1.97 bits per heavy atom. The SMILES string of the molecule is CCCOc1cccc(C2C(C(=O)c3cccs3)=C(O)C(=O)N2c2ccc(C#N)cc2)c1. The van der Waals surface area contributed by atoms with Gasteiger partial charge in [0.05, 0.1) is 34.7 Å². The van der Waals surface area contributed by atoms with Crippen LogP contribution < -0.4 is 9.64 Å². The number of nitrogens with zero attached hydrogens (tertiary/aromatic N) is 2. The molecule has 0 spiro atoms. The lowest BCUT2D eigenvalue weighted by Gasteiger charge is -2.27. The van der Waals surface area contributed by atoms with Crippen LogP contribution in [0.4, 0.5) is 5.69 Å². The zero-order valence-electron chi connectivity index (χ0n) is 17.3. The molecule has 0 fully saturated rings. The monoisotopic (exact) mass is 444 g/mol. The fraction of sp³-hybridized carbons (Fsp3) is 0.160. The molecule has 0 radical (unpaired) electrons. The molecule has 160 valence electrons. The van der Waals surface area contributed by atoms with E-state index < -0.39 is 23.5 Å². The van der Waals surface area contributed by atoms with E-state index in [1.165, 1.54) is 16.2 Å². The maximum atomic E-state index is 13.3. The summed E-state index contributed by atoms with van der Waals surface area (Å²) in [6.07, 6.45) is 0.840. The Bertz CT molecular complexity index is 1220. The number of nitriles is 1. The molecule has 0 saturated heterocycles. The molecule has 6 nitrogen and oxygen atoms in total. The van der Waals surface area contributed by atoms with Crippen LogP contribution in [0.3, 0.4) is 0 Å². The second-order valence-electron chi connectivity index (χ2n) is 7.23. The number of thiophene rings is 1. The van der Waals surface area contributed by atoms with Crippen molar-refractivity contribution in [3.8, 4) is 11.8 Å². The largest absolute Gasteiger partial charge is 0.503 e. The summed E-state index contributed by atoms with van der Waals surface area (Å²) >= 11 is 1.25. The summed E-state index contributed by atoms with van der Waals surface area (Å²) in [4.78, 5) is 28.3. The predicted molar refractivity (Wildman–Crippen MR) is 122 cm³/mol. The summed E-state index contributed by atoms with van der Waals surface area (Å²) in [5.74, 6) is -1.02. The van der Waals surface area contributed by atoms with Gasteiger partial charge in [0.2, 0.25) is 5.78 Å². The van der Waals surface area contributed by atoms with E-state index in [0.717, 1.165) is 6.42 Å². The Balaban J connectivity index is 1.84. The van der Waals surface area contributed by atoms with Crippen LogP contribution in [0.15, 0.2) is 77.4 Å². The standard InChI is InChI=1S/C25H20N2O4S/c1-2-12-31-19-6-3-5-17(14-19)22-21(23(28)20-7-4-13-32-20)24(29)25(30)27(22)18-10-8-16(15-26)9-11-18/h3-11,13-14,22,29H,2,12H2,1H3. The first-order chi connectivity index (χ1) is 15.5. The minimum absolute atomic E-state index is 0.0226. The second-order valence-corrected chi connectivity index (χ2v) is 8.17. The number of aliphatic hydroxyl groups excluding tert-OH is 1. The van der Waals surface area contributed by atoms with Gasteiger partial charge in [-0.15, -0.1) is 11.3 Å². The average molecular weight is 445 g/mol. The quantitative estimate of drug-likeness (QED) is 0.506. The van der Waals surface area contributed by atoms with Gasteiger partial charge < -0.3 is 9.84 Å². The molecule has 1 aromatic heterocycles. The second kappa shape index (κ2) is 9.08. The van der Waals surface area contributed by atoms with E-state index in [4.69, 9.17) is 10.00 Å². The fourth-order valence-corrected chi connectivity index (χ4v) is 4.33. The van der Waals surface area contributed by atoms with Crippen molar-refractivity contribution in [2.24, 2.45) is 0 Å². The van der Waals surface area contributed by atoms with E-state index >= 15 is 0 Å². The molecule has 1 aliphatic rings. The van der Waals surface area contributed by atoms with Crippen molar-refractivity contribution in [3.63, 3.8) is 0 Å². The van der Waals surface area contributed by atoms with Gasteiger partial charge in [-0.3, -0.25) is 14.5 Å². The lowest BCUT2D eigenvalue weighted by Crippen LogP contribution is -2.31. The fourth-order valence-electron chi connectivity index (χ4n) is 3.65. The summed E-state index contributed by atoms with van der Waals surface area (Å²) in [5.41, 5.74) is 1.58. The zero-order valence-corrected chi connectivity index (χ0v) is 18.1. The molecular formula is C25H20N2O4S. The predicted octanol–water partition coefficient (Wildman–Crippen LogP) is 5.19. The summed E-state index contributed by atoms with van der Waals surface area (Å²) in [7, 11) is 0. The van der Waals surface area contributed by atoms with Crippen LogP contribution >= 0.6 is 11.3 Å². The van der Waals surface area contributed by atoms with Crippen molar-refractivity contribution in [1.82, 2.24) is 0 Å². The number of rotatable bonds is 7. The van der Waals surface area contributed by atoms with Crippen LogP contribution in [0.5, 0.6) is 5.75 Å². The van der Waals surface area contributed by atoms with Crippen molar-refractivity contribution >= 4 is 28.7 Å². The minimum atomic E-state index is -0.838. The lowest BCUT2D eigenvalue weighted by molar-refractivity contribution is -0.117. The zero-order chi connectivity index (χ0) is 22.7. The average Bonchev–Trinajstić information content (AvgIpc) is 3.45. The normalized spacial score (nSPS) is 15.7. The van der Waals surface area contributed by atoms with Gasteiger partial charge in [0, 0.05) is 5.69 Å². The third-order valence-corrected chi connectivity index (χ3v) is 5.99. The van der Waals surface area contributed by atoms with Gasteiger partial charge in [0.15, 0.2) is 5.76 Å². The highest BCUT2D eigenvalue weighted by Gasteiger charge is 2.45. The number of benzene rings is 2. The number of ketones is 1. The Labute approximate surface area is 189 Å². The molecule has 1 aliphatic heterocycles. The first kappa shape index (κ1) is 21.3. The Morgan fingerprint density at radius 1 is 1.19 bits per heavy atom. The molecule has 3 aromatic rings. The van der Waals surface area contributed by atoms with E-state index in [1.807, 2.05) is 19.1 Å². The summed E-state index contributed by atoms with van der Waals surface area (Å²) in [5, 5.41) is 21.7. The van der Waals surface area contributed by atoms with Gasteiger partial charge in [0.25, 0.3) is 5.91 Å². The molecule has 2 heterocycles. The third-order valence-electron chi connectivity index (χ3n) is 5.12. The number of aliphatic hydroxyl groups is 1. The van der Waals surface area contributed by atoms with Gasteiger partial charge in [-0.2, -0.15) is 5.26 Å². The highest BCUT2D eigenvalue weighted by Crippen LogP contribution is 2.43. The molecule has 0 bridgehead atoms. The van der Waals surface area contributed by atoms with Crippen molar-refractivity contribution in [1.29, 1.82) is 5.26 Å². The van der Waals surface area contributed by atoms with Gasteiger partial charge >= 0.3 is 0 Å². The Kier molecular flexibility index (Phi) is 6.06.